The molecule has 0 radical (unpaired) electrons. The molecule has 0 spiro atoms. The highest BCUT2D eigenvalue weighted by atomic mass is 16.3. The summed E-state index contributed by atoms with van der Waals surface area (Å²) in [6.07, 6.45) is 0. The molecule has 4 heterocycles. The van der Waals surface area contributed by atoms with Gasteiger partial charge in [0.05, 0.1) is 22.2 Å². The maximum Gasteiger partial charge on any atom is 0.231 e. The second kappa shape index (κ2) is 18.0. The van der Waals surface area contributed by atoms with E-state index in [1.165, 1.54) is 11.1 Å². The van der Waals surface area contributed by atoms with Crippen LogP contribution in [0.5, 0.6) is 0 Å². The minimum atomic E-state index is 0.561. The second-order valence-corrected chi connectivity index (χ2v) is 18.6. The zero-order valence-electron chi connectivity index (χ0n) is 39.9. The van der Waals surface area contributed by atoms with E-state index in [1.54, 1.807) is 0 Å². The molecule has 0 aliphatic heterocycles. The Hall–Kier alpha value is -10.0. The van der Waals surface area contributed by atoms with Crippen LogP contribution in [0.4, 0.5) is 0 Å². The lowest BCUT2D eigenvalue weighted by atomic mass is 9.95. The van der Waals surface area contributed by atoms with Gasteiger partial charge >= 0.3 is 0 Å². The predicted molar refractivity (Wildman–Crippen MR) is 301 cm³/mol. The number of fused-ring (bicyclic) bond motifs is 6. The number of hydrogen-bond acceptors (Lipinski definition) is 6. The van der Waals surface area contributed by atoms with E-state index in [0.717, 1.165) is 111 Å². The quantitative estimate of drug-likeness (QED) is 0.143. The largest absolute Gasteiger partial charge is 0.438 e. The summed E-state index contributed by atoms with van der Waals surface area (Å²) in [6.45, 7) is 0. The fraction of sp³-hybridized carbons (Fsp3) is 0. The highest BCUT2D eigenvalue weighted by Crippen LogP contribution is 2.40. The van der Waals surface area contributed by atoms with Gasteiger partial charge in [-0.25, -0.2) is 9.97 Å². The molecule has 74 heavy (non-hydrogen) atoms. The molecular weight excluding hydrogens is 905 g/mol. The summed E-state index contributed by atoms with van der Waals surface area (Å²) in [7, 11) is 0. The van der Waals surface area contributed by atoms with E-state index in [1.807, 2.05) is 48.5 Å². The van der Waals surface area contributed by atoms with Crippen molar-refractivity contribution >= 4 is 44.1 Å². The molecule has 0 bridgehead atoms. The number of benzene rings is 10. The fourth-order valence-corrected chi connectivity index (χ4v) is 10.3. The monoisotopic (exact) mass is 946 g/mol. The van der Waals surface area contributed by atoms with Crippen LogP contribution in [0.1, 0.15) is 0 Å². The molecule has 10 aromatic carbocycles. The summed E-state index contributed by atoms with van der Waals surface area (Å²) in [5, 5.41) is 3.79. The van der Waals surface area contributed by atoms with Crippen molar-refractivity contribution in [1.82, 2.24) is 19.9 Å². The third-order valence-corrected chi connectivity index (χ3v) is 14.0. The van der Waals surface area contributed by atoms with Crippen LogP contribution in [0.2, 0.25) is 0 Å². The lowest BCUT2D eigenvalue weighted by Gasteiger charge is -2.11. The van der Waals surface area contributed by atoms with Crippen molar-refractivity contribution in [3.8, 4) is 101 Å². The molecule has 14 aromatic rings. The number of aromatic nitrogens is 4. The Balaban J connectivity index is 0.789. The molecule has 0 unspecified atom stereocenters. The summed E-state index contributed by atoms with van der Waals surface area (Å²) in [4.78, 5) is 20.7. The second-order valence-electron chi connectivity index (χ2n) is 18.6. The van der Waals surface area contributed by atoms with E-state index in [2.05, 4.69) is 206 Å². The lowest BCUT2D eigenvalue weighted by molar-refractivity contribution is 0.653. The number of para-hydroxylation sites is 2. The highest BCUT2D eigenvalue weighted by molar-refractivity contribution is 6.12. The minimum absolute atomic E-state index is 0.561. The molecular formula is C68H42N4O2. The first-order chi connectivity index (χ1) is 36.6. The Morgan fingerprint density at radius 3 is 0.878 bits per heavy atom. The van der Waals surface area contributed by atoms with Gasteiger partial charge in [-0.2, -0.15) is 9.97 Å². The van der Waals surface area contributed by atoms with E-state index in [-0.39, 0.29) is 0 Å². The Morgan fingerprint density at radius 2 is 0.500 bits per heavy atom. The van der Waals surface area contributed by atoms with Crippen LogP contribution in [-0.4, -0.2) is 19.9 Å². The van der Waals surface area contributed by atoms with Crippen LogP contribution in [0.15, 0.2) is 264 Å². The van der Waals surface area contributed by atoms with Crippen LogP contribution >= 0.6 is 0 Å². The van der Waals surface area contributed by atoms with Crippen molar-refractivity contribution in [1.29, 1.82) is 0 Å². The van der Waals surface area contributed by atoms with E-state index >= 15 is 0 Å². The Kier molecular flexibility index (Phi) is 10.4. The van der Waals surface area contributed by atoms with Gasteiger partial charge in [0.15, 0.2) is 11.6 Å². The molecule has 0 saturated heterocycles. The normalized spacial score (nSPS) is 11.5. The first-order valence-electron chi connectivity index (χ1n) is 24.8. The number of hydrogen-bond donors (Lipinski definition) is 0. The zero-order valence-corrected chi connectivity index (χ0v) is 39.9. The zero-order chi connectivity index (χ0) is 49.0. The third-order valence-electron chi connectivity index (χ3n) is 14.0. The summed E-state index contributed by atoms with van der Waals surface area (Å²) in [6, 6.07) is 88.5. The molecule has 6 heteroatoms. The average molecular weight is 947 g/mol. The first kappa shape index (κ1) is 42.8. The van der Waals surface area contributed by atoms with Gasteiger partial charge in [0.2, 0.25) is 11.4 Å². The Labute approximate surface area is 426 Å². The van der Waals surface area contributed by atoms with Gasteiger partial charge in [-0.05, 0) is 92.0 Å². The van der Waals surface area contributed by atoms with Crippen molar-refractivity contribution < 1.29 is 8.83 Å². The van der Waals surface area contributed by atoms with Crippen LogP contribution in [-0.2, 0) is 0 Å². The Morgan fingerprint density at radius 1 is 0.216 bits per heavy atom. The molecule has 346 valence electrons. The van der Waals surface area contributed by atoms with Gasteiger partial charge in [-0.3, -0.25) is 0 Å². The molecule has 0 fully saturated rings. The van der Waals surface area contributed by atoms with Gasteiger partial charge in [0, 0.05) is 33.0 Å². The summed E-state index contributed by atoms with van der Waals surface area (Å²) in [5.41, 5.74) is 19.3. The van der Waals surface area contributed by atoms with Gasteiger partial charge in [0.25, 0.3) is 0 Å². The standard InChI is InChI=1S/C68H42N4O2/c1-3-15-43(16-4-1)45-31-35-47(36-32-45)63-61-57-27-7-9-29-59(57)73-67(61)71-65(69-63)55-25-13-23-53(41-55)51-21-11-19-49(39-51)50-20-12-22-52(40-50)54-24-14-26-56(42-54)66-70-64(62-58-28-8-10-30-60(58)74-68(62)72-66)48-37-33-46(34-38-48)44-17-5-2-6-18-44/h1-42H. The molecule has 0 atom stereocenters. The lowest BCUT2D eigenvalue weighted by Crippen LogP contribution is -1.94. The van der Waals surface area contributed by atoms with Crippen molar-refractivity contribution in [3.05, 3.63) is 255 Å². The van der Waals surface area contributed by atoms with Crippen molar-refractivity contribution in [2.24, 2.45) is 0 Å². The van der Waals surface area contributed by atoms with Crippen LogP contribution < -0.4 is 0 Å². The average Bonchev–Trinajstić information content (AvgIpc) is 4.06. The summed E-state index contributed by atoms with van der Waals surface area (Å²) in [5.74, 6) is 1.20. The highest BCUT2D eigenvalue weighted by Gasteiger charge is 2.21. The topological polar surface area (TPSA) is 77.8 Å². The van der Waals surface area contributed by atoms with Gasteiger partial charge in [-0.15, -0.1) is 0 Å². The van der Waals surface area contributed by atoms with E-state index < -0.39 is 0 Å². The van der Waals surface area contributed by atoms with E-state index in [0.29, 0.717) is 23.1 Å². The molecule has 0 aliphatic rings. The minimum Gasteiger partial charge on any atom is -0.438 e. The molecule has 6 nitrogen and oxygen atoms in total. The third kappa shape index (κ3) is 7.79. The van der Waals surface area contributed by atoms with Gasteiger partial charge < -0.3 is 8.83 Å². The van der Waals surface area contributed by atoms with Crippen molar-refractivity contribution in [2.75, 3.05) is 0 Å². The maximum atomic E-state index is 6.42. The SMILES string of the molecule is c1ccc(-c2ccc(-c3nc(-c4cccc(-c5cccc(-c6cccc(-c7cccc(-c8nc(-c9ccc(-c%10ccccc%10)cc9)c9c(n8)oc8ccccc89)c7)c6)c5)c4)nc4oc5ccccc5c34)cc2)cc1. The molecule has 0 saturated carbocycles. The van der Waals surface area contributed by atoms with Gasteiger partial charge in [0.1, 0.15) is 11.2 Å². The summed E-state index contributed by atoms with van der Waals surface area (Å²) < 4.78 is 12.8. The van der Waals surface area contributed by atoms with Crippen LogP contribution in [0.25, 0.3) is 145 Å². The molecule has 0 N–H and O–H groups in total. The Bertz CT molecular complexity index is 4120. The van der Waals surface area contributed by atoms with Crippen LogP contribution in [0.3, 0.4) is 0 Å². The molecule has 0 aliphatic carbocycles. The van der Waals surface area contributed by atoms with Crippen molar-refractivity contribution in [2.45, 2.75) is 0 Å². The van der Waals surface area contributed by atoms with Crippen LogP contribution in [0, 0.1) is 0 Å². The molecule has 0 amide bonds. The molecule has 4 aromatic heterocycles. The number of furan rings is 2. The van der Waals surface area contributed by atoms with E-state index in [9.17, 15) is 0 Å². The number of nitrogens with zero attached hydrogens (tertiary/aromatic N) is 4. The van der Waals surface area contributed by atoms with Gasteiger partial charge in [-0.1, -0.05) is 218 Å². The maximum absolute atomic E-state index is 6.42. The van der Waals surface area contributed by atoms with Crippen molar-refractivity contribution in [3.63, 3.8) is 0 Å². The molecule has 14 rings (SSSR count). The number of rotatable bonds is 9. The summed E-state index contributed by atoms with van der Waals surface area (Å²) >= 11 is 0. The van der Waals surface area contributed by atoms with E-state index in [4.69, 9.17) is 28.8 Å². The predicted octanol–water partition coefficient (Wildman–Crippen LogP) is 18.1. The fourth-order valence-electron chi connectivity index (χ4n) is 10.3. The first-order valence-corrected chi connectivity index (χ1v) is 24.8. The smallest absolute Gasteiger partial charge is 0.231 e.